The molecule has 1 N–H and O–H groups in total. The van der Waals surface area contributed by atoms with Crippen molar-refractivity contribution in [2.45, 2.75) is 6.54 Å². The molecule has 2 heterocycles. The minimum atomic E-state index is 0.851. The van der Waals surface area contributed by atoms with Gasteiger partial charge in [0.05, 0.1) is 0 Å². The first-order valence-electron chi connectivity index (χ1n) is 4.63. The molecule has 0 saturated heterocycles. The van der Waals surface area contributed by atoms with Crippen LogP contribution in [0.15, 0.2) is 34.4 Å². The minimum absolute atomic E-state index is 0.851. The first-order chi connectivity index (χ1) is 7.31. The Balaban J connectivity index is 2.37. The summed E-state index contributed by atoms with van der Waals surface area (Å²) in [5.41, 5.74) is 2.37. The molecule has 2 aromatic rings. The standard InChI is InChI=1S/C11H11BrN2S/c1-13-5-8-4-9(7-14-6-8)11-10(12)2-3-15-11/h2-4,6-7,13H,5H2,1H3. The first kappa shape index (κ1) is 10.8. The van der Waals surface area contributed by atoms with Crippen molar-refractivity contribution in [1.82, 2.24) is 10.3 Å². The van der Waals surface area contributed by atoms with Crippen molar-refractivity contribution < 1.29 is 0 Å². The first-order valence-corrected chi connectivity index (χ1v) is 6.30. The fourth-order valence-electron chi connectivity index (χ4n) is 1.41. The molecule has 0 aliphatic rings. The Hall–Kier alpha value is -0.710. The number of aromatic nitrogens is 1. The highest BCUT2D eigenvalue weighted by molar-refractivity contribution is 9.10. The van der Waals surface area contributed by atoms with Crippen LogP contribution in [-0.4, -0.2) is 12.0 Å². The SMILES string of the molecule is CNCc1cncc(-c2sccc2Br)c1. The number of thiophene rings is 1. The molecule has 0 aliphatic carbocycles. The smallest absolute Gasteiger partial charge is 0.0500 e. The zero-order valence-electron chi connectivity index (χ0n) is 8.33. The number of hydrogen-bond donors (Lipinski definition) is 1. The second kappa shape index (κ2) is 4.88. The van der Waals surface area contributed by atoms with Crippen molar-refractivity contribution in [3.63, 3.8) is 0 Å². The quantitative estimate of drug-likeness (QED) is 0.935. The third-order valence-electron chi connectivity index (χ3n) is 2.06. The zero-order chi connectivity index (χ0) is 10.7. The Morgan fingerprint density at radius 1 is 1.47 bits per heavy atom. The largest absolute Gasteiger partial charge is 0.316 e. The molecule has 0 aliphatic heterocycles. The van der Waals surface area contributed by atoms with Crippen LogP contribution in [0.4, 0.5) is 0 Å². The highest BCUT2D eigenvalue weighted by Gasteiger charge is 2.05. The maximum Gasteiger partial charge on any atom is 0.0500 e. The molecule has 2 rings (SSSR count). The molecule has 15 heavy (non-hydrogen) atoms. The Morgan fingerprint density at radius 2 is 2.33 bits per heavy atom. The molecule has 2 aromatic heterocycles. The van der Waals surface area contributed by atoms with Gasteiger partial charge in [-0.05, 0) is 46.1 Å². The molecule has 0 fully saturated rings. The van der Waals surface area contributed by atoms with Gasteiger partial charge in [0.2, 0.25) is 0 Å². The molecule has 0 bridgehead atoms. The van der Waals surface area contributed by atoms with Crippen molar-refractivity contribution >= 4 is 27.3 Å². The average Bonchev–Trinajstić information content (AvgIpc) is 2.65. The molecule has 4 heteroatoms. The lowest BCUT2D eigenvalue weighted by Gasteiger charge is -2.02. The Kier molecular flexibility index (Phi) is 3.51. The van der Waals surface area contributed by atoms with Gasteiger partial charge in [0.1, 0.15) is 0 Å². The number of rotatable bonds is 3. The van der Waals surface area contributed by atoms with Gasteiger partial charge in [-0.2, -0.15) is 0 Å². The number of nitrogens with one attached hydrogen (secondary N) is 1. The van der Waals surface area contributed by atoms with Gasteiger partial charge in [-0.3, -0.25) is 4.98 Å². The van der Waals surface area contributed by atoms with Gasteiger partial charge in [-0.1, -0.05) is 0 Å². The van der Waals surface area contributed by atoms with E-state index in [2.05, 4.69) is 43.7 Å². The summed E-state index contributed by atoms with van der Waals surface area (Å²) in [6, 6.07) is 4.23. The summed E-state index contributed by atoms with van der Waals surface area (Å²) in [6.07, 6.45) is 3.79. The Bertz CT molecular complexity index is 453. The predicted molar refractivity (Wildman–Crippen MR) is 68.0 cm³/mol. The molecule has 2 nitrogen and oxygen atoms in total. The minimum Gasteiger partial charge on any atom is -0.316 e. The van der Waals surface area contributed by atoms with Crippen LogP contribution in [-0.2, 0) is 6.54 Å². The fourth-order valence-corrected chi connectivity index (χ4v) is 3.00. The van der Waals surface area contributed by atoms with E-state index in [9.17, 15) is 0 Å². The lowest BCUT2D eigenvalue weighted by atomic mass is 10.2. The van der Waals surface area contributed by atoms with Crippen LogP contribution in [0.1, 0.15) is 5.56 Å². The van der Waals surface area contributed by atoms with Crippen LogP contribution in [0.5, 0.6) is 0 Å². The second-order valence-electron chi connectivity index (χ2n) is 3.21. The molecular weight excluding hydrogens is 272 g/mol. The van der Waals surface area contributed by atoms with E-state index in [1.54, 1.807) is 11.3 Å². The lowest BCUT2D eigenvalue weighted by molar-refractivity contribution is 0.814. The van der Waals surface area contributed by atoms with Crippen LogP contribution in [0.3, 0.4) is 0 Å². The van der Waals surface area contributed by atoms with E-state index in [0.29, 0.717) is 0 Å². The molecule has 78 valence electrons. The Morgan fingerprint density at radius 3 is 3.00 bits per heavy atom. The van der Waals surface area contributed by atoms with Crippen molar-refractivity contribution in [2.75, 3.05) is 7.05 Å². The van der Waals surface area contributed by atoms with Crippen LogP contribution in [0.2, 0.25) is 0 Å². The molecule has 0 amide bonds. The summed E-state index contributed by atoms with van der Waals surface area (Å²) in [6.45, 7) is 0.851. The zero-order valence-corrected chi connectivity index (χ0v) is 10.7. The van der Waals surface area contributed by atoms with Gasteiger partial charge in [0, 0.05) is 33.9 Å². The molecule has 0 aromatic carbocycles. The lowest BCUT2D eigenvalue weighted by Crippen LogP contribution is -2.05. The number of halogens is 1. The van der Waals surface area contributed by atoms with Crippen LogP contribution in [0.25, 0.3) is 10.4 Å². The van der Waals surface area contributed by atoms with Gasteiger partial charge in [-0.25, -0.2) is 0 Å². The van der Waals surface area contributed by atoms with E-state index in [4.69, 9.17) is 0 Å². The van der Waals surface area contributed by atoms with Gasteiger partial charge in [-0.15, -0.1) is 11.3 Å². The van der Waals surface area contributed by atoms with Crippen molar-refractivity contribution in [1.29, 1.82) is 0 Å². The summed E-state index contributed by atoms with van der Waals surface area (Å²) >= 11 is 5.26. The van der Waals surface area contributed by atoms with Gasteiger partial charge in [0.15, 0.2) is 0 Å². The van der Waals surface area contributed by atoms with E-state index in [1.807, 2.05) is 19.4 Å². The van der Waals surface area contributed by atoms with E-state index >= 15 is 0 Å². The van der Waals surface area contributed by atoms with Crippen molar-refractivity contribution in [2.24, 2.45) is 0 Å². The molecule has 0 radical (unpaired) electrons. The second-order valence-corrected chi connectivity index (χ2v) is 4.98. The molecule has 0 atom stereocenters. The average molecular weight is 283 g/mol. The summed E-state index contributed by atoms with van der Waals surface area (Å²) in [7, 11) is 1.94. The number of hydrogen-bond acceptors (Lipinski definition) is 3. The number of pyridine rings is 1. The van der Waals surface area contributed by atoms with E-state index in [1.165, 1.54) is 16.0 Å². The summed E-state index contributed by atoms with van der Waals surface area (Å²) in [5, 5.41) is 5.20. The summed E-state index contributed by atoms with van der Waals surface area (Å²) in [5.74, 6) is 0. The van der Waals surface area contributed by atoms with Crippen LogP contribution < -0.4 is 5.32 Å². The predicted octanol–water partition coefficient (Wildman–Crippen LogP) is 3.29. The van der Waals surface area contributed by atoms with Gasteiger partial charge in [0.25, 0.3) is 0 Å². The van der Waals surface area contributed by atoms with E-state index < -0.39 is 0 Å². The van der Waals surface area contributed by atoms with Gasteiger partial charge >= 0.3 is 0 Å². The third kappa shape index (κ3) is 2.45. The summed E-state index contributed by atoms with van der Waals surface area (Å²) in [4.78, 5) is 5.48. The third-order valence-corrected chi connectivity index (χ3v) is 3.94. The van der Waals surface area contributed by atoms with E-state index in [-0.39, 0.29) is 0 Å². The fraction of sp³-hybridized carbons (Fsp3) is 0.182. The van der Waals surface area contributed by atoms with Crippen molar-refractivity contribution in [3.8, 4) is 10.4 Å². The molecule has 0 saturated carbocycles. The number of nitrogens with zero attached hydrogens (tertiary/aromatic N) is 1. The topological polar surface area (TPSA) is 24.9 Å². The summed E-state index contributed by atoms with van der Waals surface area (Å²) < 4.78 is 1.14. The molecular formula is C11H11BrN2S. The highest BCUT2D eigenvalue weighted by atomic mass is 79.9. The monoisotopic (exact) mass is 282 g/mol. The van der Waals surface area contributed by atoms with Crippen molar-refractivity contribution in [3.05, 3.63) is 39.9 Å². The highest BCUT2D eigenvalue weighted by Crippen LogP contribution is 2.33. The Labute approximate surface area is 101 Å². The normalized spacial score (nSPS) is 10.5. The molecule has 0 unspecified atom stereocenters. The van der Waals surface area contributed by atoms with Crippen LogP contribution in [0, 0.1) is 0 Å². The van der Waals surface area contributed by atoms with Gasteiger partial charge < -0.3 is 5.32 Å². The molecule has 0 spiro atoms. The maximum absolute atomic E-state index is 4.25. The van der Waals surface area contributed by atoms with Crippen LogP contribution >= 0.6 is 27.3 Å². The maximum atomic E-state index is 4.25. The van der Waals surface area contributed by atoms with E-state index in [0.717, 1.165) is 11.0 Å².